The summed E-state index contributed by atoms with van der Waals surface area (Å²) in [5.74, 6) is 1.16. The van der Waals surface area contributed by atoms with E-state index in [1.54, 1.807) is 0 Å². The van der Waals surface area contributed by atoms with Gasteiger partial charge in [0.15, 0.2) is 0 Å². The summed E-state index contributed by atoms with van der Waals surface area (Å²) < 4.78 is 0. The van der Waals surface area contributed by atoms with Gasteiger partial charge in [-0.05, 0) is 82.2 Å². The van der Waals surface area contributed by atoms with Crippen molar-refractivity contribution in [2.75, 3.05) is 0 Å². The summed E-state index contributed by atoms with van der Waals surface area (Å²) >= 11 is 0. The Kier molecular flexibility index (Phi) is 6.69. The van der Waals surface area contributed by atoms with Crippen molar-refractivity contribution < 1.29 is 21.1 Å². The second-order valence-electron chi connectivity index (χ2n) is 15.8. The molecule has 4 atom stereocenters. The number of benzene rings is 2. The topological polar surface area (TPSA) is 66.9 Å². The first kappa shape index (κ1) is 30.8. The molecule has 2 fully saturated rings. The van der Waals surface area contributed by atoms with Gasteiger partial charge in [-0.2, -0.15) is 6.20 Å². The minimum Gasteiger partial charge on any atom is -0.662 e. The number of hydrogen-bond acceptors (Lipinski definition) is 3. The molecule has 0 spiro atoms. The second-order valence-corrected chi connectivity index (χ2v) is 15.8. The van der Waals surface area contributed by atoms with Crippen LogP contribution in [0.5, 0.6) is 0 Å². The van der Waals surface area contributed by atoms with Crippen LogP contribution in [-0.4, -0.2) is 15.1 Å². The molecule has 47 heavy (non-hydrogen) atoms. The summed E-state index contributed by atoms with van der Waals surface area (Å²) in [7, 11) is 0. The third-order valence-electron chi connectivity index (χ3n) is 13.7. The molecule has 2 aromatic carbocycles. The smallest absolute Gasteiger partial charge is 0.662 e. The summed E-state index contributed by atoms with van der Waals surface area (Å²) in [6.07, 6.45) is 11.0. The van der Waals surface area contributed by atoms with E-state index in [1.165, 1.54) is 69.6 Å². The van der Waals surface area contributed by atoms with Gasteiger partial charge < -0.3 is 15.2 Å². The molecule has 4 aliphatic carbocycles. The normalized spacial score (nSPS) is 26.9. The van der Waals surface area contributed by atoms with Crippen LogP contribution in [0.3, 0.4) is 0 Å². The fourth-order valence-electron chi connectivity index (χ4n) is 10.1. The molecular formula is C41H41N5Pt. The van der Waals surface area contributed by atoms with E-state index in [1.807, 2.05) is 12.4 Å². The van der Waals surface area contributed by atoms with E-state index in [0.717, 1.165) is 22.8 Å². The third-order valence-corrected chi connectivity index (χ3v) is 13.7. The van der Waals surface area contributed by atoms with Crippen LogP contribution in [0.25, 0.3) is 44.3 Å². The largest absolute Gasteiger partial charge is 2.00 e. The van der Waals surface area contributed by atoms with Crippen molar-refractivity contribution in [1.82, 2.24) is 25.1 Å². The summed E-state index contributed by atoms with van der Waals surface area (Å²) in [6.45, 7) is 14.5. The first-order chi connectivity index (χ1) is 22.1. The van der Waals surface area contributed by atoms with Crippen LogP contribution in [0.15, 0.2) is 79.3 Å². The van der Waals surface area contributed by atoms with Crippen LogP contribution in [0.1, 0.15) is 101 Å². The van der Waals surface area contributed by atoms with E-state index in [2.05, 4.69) is 124 Å². The Morgan fingerprint density at radius 2 is 1.17 bits per heavy atom. The maximum atomic E-state index is 4.85. The van der Waals surface area contributed by atoms with Gasteiger partial charge in [-0.25, -0.2) is 0 Å². The molecule has 6 aromatic rings. The maximum Gasteiger partial charge on any atom is 2.00 e. The van der Waals surface area contributed by atoms with Crippen molar-refractivity contribution in [2.24, 2.45) is 10.8 Å². The average Bonchev–Trinajstić information content (AvgIpc) is 3.85. The van der Waals surface area contributed by atoms with Crippen LogP contribution < -0.4 is 10.1 Å². The predicted molar refractivity (Wildman–Crippen MR) is 185 cm³/mol. The number of nitrogens with zero attached hydrogens (tertiary/aromatic N) is 5. The van der Waals surface area contributed by atoms with Gasteiger partial charge in [0.2, 0.25) is 0 Å². The Balaban J connectivity index is 0.000000135. The summed E-state index contributed by atoms with van der Waals surface area (Å²) in [5, 5.41) is 14.1. The van der Waals surface area contributed by atoms with E-state index in [4.69, 9.17) is 9.97 Å². The van der Waals surface area contributed by atoms with E-state index in [0.29, 0.717) is 17.3 Å². The van der Waals surface area contributed by atoms with E-state index >= 15 is 0 Å². The van der Waals surface area contributed by atoms with E-state index in [9.17, 15) is 0 Å². The van der Waals surface area contributed by atoms with Gasteiger partial charge in [-0.1, -0.05) is 107 Å². The van der Waals surface area contributed by atoms with Crippen LogP contribution in [0.2, 0.25) is 0 Å². The Hall–Kier alpha value is -3.56. The van der Waals surface area contributed by atoms with Gasteiger partial charge in [0.25, 0.3) is 0 Å². The molecule has 4 bridgehead atoms. The summed E-state index contributed by atoms with van der Waals surface area (Å²) in [4.78, 5) is 14.2. The fraction of sp³-hybridized carbons (Fsp3) is 0.390. The standard InChI is InChI=1S/C21H21N2.C20H20N3.Pt/c1-20(2)15-8-10-21(20,3)16-12-23-19(17(15)16)18-14-7-5-4-6-13(14)9-11-22-18;1-19(2)14-8-10-20(19,3)18-15(14)17(22-23-18)16-13-7-5-4-6-12(13)9-11-21-16;/h4-7,9,11-12,15H,8,10H2,1-3H3;4-7,9,11,14H,8,10H2,1-3H3;/q2*-1;+2. The van der Waals surface area contributed by atoms with Gasteiger partial charge in [-0.3, -0.25) is 9.97 Å². The molecule has 0 amide bonds. The third kappa shape index (κ3) is 3.84. The minimum atomic E-state index is 0. The molecule has 0 N–H and O–H groups in total. The molecule has 4 aromatic heterocycles. The minimum absolute atomic E-state index is 0. The number of hydrogen-bond donors (Lipinski definition) is 0. The molecule has 4 unspecified atom stereocenters. The van der Waals surface area contributed by atoms with E-state index in [-0.39, 0.29) is 37.3 Å². The van der Waals surface area contributed by atoms with Gasteiger partial charge in [-0.15, -0.1) is 5.69 Å². The van der Waals surface area contributed by atoms with Crippen LogP contribution in [-0.2, 0) is 31.9 Å². The van der Waals surface area contributed by atoms with Gasteiger partial charge in [0.05, 0.1) is 11.4 Å². The van der Waals surface area contributed by atoms with Crippen molar-refractivity contribution >= 4 is 21.5 Å². The van der Waals surface area contributed by atoms with Crippen LogP contribution in [0, 0.1) is 10.8 Å². The number of aromatic nitrogens is 5. The van der Waals surface area contributed by atoms with Crippen molar-refractivity contribution in [3.05, 3.63) is 102 Å². The quantitative estimate of drug-likeness (QED) is 0.175. The number of pyridine rings is 2. The number of rotatable bonds is 2. The molecule has 4 heterocycles. The molecule has 240 valence electrons. The van der Waals surface area contributed by atoms with Crippen molar-refractivity contribution in [2.45, 2.75) is 89.9 Å². The Morgan fingerprint density at radius 1 is 0.638 bits per heavy atom. The predicted octanol–water partition coefficient (Wildman–Crippen LogP) is 9.46. The zero-order valence-corrected chi connectivity index (χ0v) is 30.3. The maximum absolute atomic E-state index is 4.85. The Bertz CT molecular complexity index is 2020. The van der Waals surface area contributed by atoms with E-state index < -0.39 is 0 Å². The SMILES string of the molecule is CC12CCC(c3c1c[n-]c3-c1nccc3ccccc13)C2(C)C.CC12CCC(c3c1n[n-]c3-c1nccc3ccccc13)C2(C)C.[Pt+2]. The second kappa shape index (κ2) is 10.2. The Labute approximate surface area is 291 Å². The zero-order chi connectivity index (χ0) is 31.6. The first-order valence-corrected chi connectivity index (χ1v) is 17.0. The average molecular weight is 799 g/mol. The summed E-state index contributed by atoms with van der Waals surface area (Å²) in [6, 6.07) is 21.1. The number of fused-ring (bicyclic) bond motifs is 12. The molecule has 0 saturated heterocycles. The van der Waals surface area contributed by atoms with Crippen LogP contribution >= 0.6 is 0 Å². The first-order valence-electron chi connectivity index (χ1n) is 17.0. The van der Waals surface area contributed by atoms with Crippen molar-refractivity contribution in [3.8, 4) is 22.8 Å². The Morgan fingerprint density at radius 3 is 1.81 bits per heavy atom. The zero-order valence-electron chi connectivity index (χ0n) is 28.0. The van der Waals surface area contributed by atoms with Crippen molar-refractivity contribution in [1.29, 1.82) is 0 Å². The van der Waals surface area contributed by atoms with Gasteiger partial charge in [0.1, 0.15) is 0 Å². The molecule has 0 radical (unpaired) electrons. The fourth-order valence-corrected chi connectivity index (χ4v) is 10.1. The monoisotopic (exact) mass is 798 g/mol. The molecule has 6 heteroatoms. The molecule has 4 aliphatic rings. The summed E-state index contributed by atoms with van der Waals surface area (Å²) in [5.41, 5.74) is 10.7. The molecule has 10 rings (SSSR count). The van der Waals surface area contributed by atoms with Crippen LogP contribution in [0.4, 0.5) is 0 Å². The van der Waals surface area contributed by atoms with Crippen molar-refractivity contribution in [3.63, 3.8) is 0 Å². The molecular weight excluding hydrogens is 758 g/mol. The van der Waals surface area contributed by atoms with Gasteiger partial charge >= 0.3 is 21.1 Å². The molecule has 2 saturated carbocycles. The van der Waals surface area contributed by atoms with Gasteiger partial charge in [0, 0.05) is 34.3 Å². The molecule has 0 aliphatic heterocycles. The molecule has 5 nitrogen and oxygen atoms in total.